The van der Waals surface area contributed by atoms with Gasteiger partial charge in [0.25, 0.3) is 10.0 Å². The number of hydrogen-bond acceptors (Lipinski definition) is 5. The highest BCUT2D eigenvalue weighted by molar-refractivity contribution is 7.92. The highest BCUT2D eigenvalue weighted by atomic mass is 32.2. The minimum absolute atomic E-state index is 0.00907. The van der Waals surface area contributed by atoms with Crippen molar-refractivity contribution in [3.8, 4) is 11.5 Å². The van der Waals surface area contributed by atoms with Gasteiger partial charge in [0.15, 0.2) is 6.61 Å². The molecule has 0 saturated carbocycles. The molecule has 0 aliphatic rings. The molecule has 0 aliphatic carbocycles. The lowest BCUT2D eigenvalue weighted by molar-refractivity contribution is -0.139. The van der Waals surface area contributed by atoms with Gasteiger partial charge < -0.3 is 14.6 Å². The van der Waals surface area contributed by atoms with E-state index in [1.165, 1.54) is 6.07 Å². The Balaban J connectivity index is 2.41. The molecule has 26 heavy (non-hydrogen) atoms. The van der Waals surface area contributed by atoms with Gasteiger partial charge in [-0.25, -0.2) is 13.2 Å². The molecule has 0 atom stereocenters. The van der Waals surface area contributed by atoms with Crippen molar-refractivity contribution in [1.29, 1.82) is 0 Å². The molecule has 0 aromatic heterocycles. The van der Waals surface area contributed by atoms with Crippen molar-refractivity contribution in [2.24, 2.45) is 0 Å². The van der Waals surface area contributed by atoms with Crippen LogP contribution < -0.4 is 14.2 Å². The predicted molar refractivity (Wildman–Crippen MR) is 97.5 cm³/mol. The molecule has 0 amide bonds. The number of carboxylic acids is 1. The fraction of sp³-hybridized carbons (Fsp3) is 0.278. The van der Waals surface area contributed by atoms with E-state index in [4.69, 9.17) is 14.6 Å². The zero-order chi connectivity index (χ0) is 19.3. The maximum absolute atomic E-state index is 12.8. The zero-order valence-corrected chi connectivity index (χ0v) is 15.6. The van der Waals surface area contributed by atoms with Crippen LogP contribution in [0.5, 0.6) is 11.5 Å². The second kappa shape index (κ2) is 8.09. The van der Waals surface area contributed by atoms with E-state index < -0.39 is 22.6 Å². The van der Waals surface area contributed by atoms with E-state index in [1.807, 2.05) is 6.92 Å². The quantitative estimate of drug-likeness (QED) is 0.731. The van der Waals surface area contributed by atoms with E-state index in [9.17, 15) is 13.2 Å². The lowest BCUT2D eigenvalue weighted by Crippen LogP contribution is -2.17. The van der Waals surface area contributed by atoms with Gasteiger partial charge in [-0.3, -0.25) is 4.72 Å². The molecule has 140 valence electrons. The largest absolute Gasteiger partial charge is 0.492 e. The van der Waals surface area contributed by atoms with E-state index in [1.54, 1.807) is 44.2 Å². The van der Waals surface area contributed by atoms with Gasteiger partial charge in [-0.2, -0.15) is 0 Å². The number of sulfonamides is 1. The normalized spacial score (nSPS) is 11.0. The third kappa shape index (κ3) is 4.45. The van der Waals surface area contributed by atoms with Crippen LogP contribution in [0.1, 0.15) is 18.1 Å². The Labute approximate surface area is 152 Å². The van der Waals surface area contributed by atoms with Gasteiger partial charge >= 0.3 is 5.97 Å². The Kier molecular flexibility index (Phi) is 6.10. The maximum Gasteiger partial charge on any atom is 0.341 e. The van der Waals surface area contributed by atoms with E-state index >= 15 is 0 Å². The highest BCUT2D eigenvalue weighted by Crippen LogP contribution is 2.32. The fourth-order valence-electron chi connectivity index (χ4n) is 2.49. The van der Waals surface area contributed by atoms with Crippen LogP contribution >= 0.6 is 0 Å². The summed E-state index contributed by atoms with van der Waals surface area (Å²) in [5, 5.41) is 8.79. The fourth-order valence-corrected chi connectivity index (χ4v) is 3.80. The number of para-hydroxylation sites is 2. The van der Waals surface area contributed by atoms with Crippen LogP contribution in [0, 0.1) is 13.8 Å². The van der Waals surface area contributed by atoms with Crippen molar-refractivity contribution in [1.82, 2.24) is 0 Å². The highest BCUT2D eigenvalue weighted by Gasteiger charge is 2.22. The molecule has 2 aromatic carbocycles. The second-order valence-electron chi connectivity index (χ2n) is 5.55. The molecule has 2 N–H and O–H groups in total. The summed E-state index contributed by atoms with van der Waals surface area (Å²) in [5.41, 5.74) is 1.31. The Morgan fingerprint density at radius 2 is 1.81 bits per heavy atom. The first-order valence-electron chi connectivity index (χ1n) is 7.95. The molecule has 0 radical (unpaired) electrons. The molecule has 0 saturated heterocycles. The average Bonchev–Trinajstić information content (AvgIpc) is 2.56. The minimum atomic E-state index is -3.92. The number of aliphatic carboxylic acids is 1. The van der Waals surface area contributed by atoms with Crippen LogP contribution in [-0.2, 0) is 14.8 Å². The van der Waals surface area contributed by atoms with Crippen LogP contribution in [-0.4, -0.2) is 32.7 Å². The van der Waals surface area contributed by atoms with Gasteiger partial charge in [0.1, 0.15) is 11.5 Å². The molecular weight excluding hydrogens is 358 g/mol. The number of hydrogen-bond donors (Lipinski definition) is 2. The van der Waals surface area contributed by atoms with E-state index in [2.05, 4.69) is 4.72 Å². The van der Waals surface area contributed by atoms with Crippen molar-refractivity contribution >= 4 is 21.7 Å². The summed E-state index contributed by atoms with van der Waals surface area (Å²) in [7, 11) is -3.92. The lowest BCUT2D eigenvalue weighted by Gasteiger charge is -2.17. The van der Waals surface area contributed by atoms with Gasteiger partial charge in [0, 0.05) is 5.56 Å². The first-order valence-corrected chi connectivity index (χ1v) is 9.44. The summed E-state index contributed by atoms with van der Waals surface area (Å²) >= 11 is 0. The van der Waals surface area contributed by atoms with Crippen molar-refractivity contribution in [3.63, 3.8) is 0 Å². The summed E-state index contributed by atoms with van der Waals surface area (Å²) in [5.74, 6) is -0.472. The van der Waals surface area contributed by atoms with Crippen LogP contribution in [0.4, 0.5) is 5.69 Å². The van der Waals surface area contributed by atoms with Gasteiger partial charge in [-0.1, -0.05) is 18.2 Å². The van der Waals surface area contributed by atoms with Crippen molar-refractivity contribution in [2.75, 3.05) is 17.9 Å². The van der Waals surface area contributed by atoms with E-state index in [0.717, 1.165) is 0 Å². The number of nitrogens with one attached hydrogen (secondary N) is 1. The Morgan fingerprint density at radius 3 is 2.46 bits per heavy atom. The smallest absolute Gasteiger partial charge is 0.341 e. The number of aryl methyl sites for hydroxylation is 1. The monoisotopic (exact) mass is 379 g/mol. The minimum Gasteiger partial charge on any atom is -0.492 e. The summed E-state index contributed by atoms with van der Waals surface area (Å²) in [6, 6.07) is 9.76. The third-order valence-corrected chi connectivity index (χ3v) is 5.12. The van der Waals surface area contributed by atoms with Crippen LogP contribution in [0.15, 0.2) is 41.3 Å². The molecular formula is C18H21NO6S. The molecule has 8 heteroatoms. The number of benzene rings is 2. The molecule has 0 bridgehead atoms. The number of rotatable bonds is 8. The topological polar surface area (TPSA) is 102 Å². The third-order valence-electron chi connectivity index (χ3n) is 3.61. The number of anilines is 1. The number of carbonyl (C=O) groups is 1. The van der Waals surface area contributed by atoms with Crippen molar-refractivity contribution in [3.05, 3.63) is 47.5 Å². The molecule has 0 aliphatic heterocycles. The molecule has 0 heterocycles. The maximum atomic E-state index is 12.8. The van der Waals surface area contributed by atoms with Gasteiger partial charge in [0.2, 0.25) is 0 Å². The summed E-state index contributed by atoms with van der Waals surface area (Å²) < 4.78 is 38.9. The van der Waals surface area contributed by atoms with Gasteiger partial charge in [-0.05, 0) is 44.5 Å². The molecule has 0 spiro atoms. The van der Waals surface area contributed by atoms with Gasteiger partial charge in [-0.15, -0.1) is 0 Å². The van der Waals surface area contributed by atoms with Crippen LogP contribution in [0.25, 0.3) is 0 Å². The first-order chi connectivity index (χ1) is 12.3. The predicted octanol–water partition coefficient (Wildman–Crippen LogP) is 2.97. The van der Waals surface area contributed by atoms with Crippen LogP contribution in [0.2, 0.25) is 0 Å². The van der Waals surface area contributed by atoms with Gasteiger partial charge in [0.05, 0.1) is 17.2 Å². The van der Waals surface area contributed by atoms with Crippen molar-refractivity contribution < 1.29 is 27.8 Å². The van der Waals surface area contributed by atoms with Crippen molar-refractivity contribution in [2.45, 2.75) is 25.7 Å². The Bertz CT molecular complexity index is 908. The lowest BCUT2D eigenvalue weighted by atomic mass is 10.1. The zero-order valence-electron chi connectivity index (χ0n) is 14.8. The average molecular weight is 379 g/mol. The van der Waals surface area contributed by atoms with E-state index in [-0.39, 0.29) is 10.6 Å². The first kappa shape index (κ1) is 19.6. The SMILES string of the molecule is CCOc1ccccc1NS(=O)(=O)c1ccc(C)c(OCC(=O)O)c1C. The molecule has 2 rings (SSSR count). The molecule has 7 nitrogen and oxygen atoms in total. The second-order valence-corrected chi connectivity index (χ2v) is 7.20. The van der Waals surface area contributed by atoms with E-state index in [0.29, 0.717) is 29.2 Å². The standard InChI is InChI=1S/C18H21NO6S/c1-4-24-15-8-6-5-7-14(15)19-26(22,23)16-10-9-12(2)18(13(16)3)25-11-17(20)21/h5-10,19H,4,11H2,1-3H3,(H,20,21). The Morgan fingerprint density at radius 1 is 1.12 bits per heavy atom. The number of ether oxygens (including phenoxy) is 2. The molecule has 0 unspecified atom stereocenters. The summed E-state index contributed by atoms with van der Waals surface area (Å²) in [6.45, 7) is 4.95. The molecule has 0 fully saturated rings. The Hall–Kier alpha value is -2.74. The van der Waals surface area contributed by atoms with Crippen LogP contribution in [0.3, 0.4) is 0 Å². The summed E-state index contributed by atoms with van der Waals surface area (Å²) in [4.78, 5) is 10.8. The molecule has 2 aromatic rings. The number of carboxylic acid groups (broad SMARTS) is 1. The summed E-state index contributed by atoms with van der Waals surface area (Å²) in [6.07, 6.45) is 0.